The molecule has 0 radical (unpaired) electrons. The monoisotopic (exact) mass is 454 g/mol. The van der Waals surface area contributed by atoms with Crippen LogP contribution in [0.4, 0.5) is 10.3 Å². The van der Waals surface area contributed by atoms with E-state index in [-0.39, 0.29) is 28.6 Å². The van der Waals surface area contributed by atoms with Crippen molar-refractivity contribution >= 4 is 11.9 Å². The van der Waals surface area contributed by atoms with Crippen LogP contribution in [0.3, 0.4) is 0 Å². The van der Waals surface area contributed by atoms with E-state index < -0.39 is 16.5 Å². The number of allylic oxidation sites excluding steroid dienone is 2. The quantitative estimate of drug-likeness (QED) is 0.419. The molecule has 1 saturated carbocycles. The van der Waals surface area contributed by atoms with Crippen molar-refractivity contribution in [2.75, 3.05) is 5.32 Å². The zero-order chi connectivity index (χ0) is 23.3. The predicted molar refractivity (Wildman–Crippen MR) is 125 cm³/mol. The highest BCUT2D eigenvalue weighted by Gasteiger charge is 2.89. The number of aromatic nitrogens is 2. The number of carbonyl (C=O) groups is 1. The van der Waals surface area contributed by atoms with Crippen LogP contribution in [-0.2, 0) is 10.3 Å². The minimum Gasteiger partial charge on any atom is -0.633 e. The number of benzene rings is 2. The number of anilines is 1. The summed E-state index contributed by atoms with van der Waals surface area (Å²) in [6.07, 6.45) is 10.2. The molecule has 2 fully saturated rings. The first-order valence-electron chi connectivity index (χ1n) is 11.5. The fourth-order valence-electron chi connectivity index (χ4n) is 7.23. The number of quaternary nitrogens is 1. The van der Waals surface area contributed by atoms with Crippen molar-refractivity contribution in [2.45, 2.75) is 30.3 Å². The summed E-state index contributed by atoms with van der Waals surface area (Å²) in [5, 5.41) is 16.8. The number of hydrogen-bond donors (Lipinski definition) is 3. The van der Waals surface area contributed by atoms with Crippen LogP contribution in [0.25, 0.3) is 11.3 Å². The molecule has 3 aromatic rings. The third-order valence-corrected chi connectivity index (χ3v) is 8.62. The summed E-state index contributed by atoms with van der Waals surface area (Å²) in [5.74, 6) is -0.374. The summed E-state index contributed by atoms with van der Waals surface area (Å²) < 4.78 is 13.6. The number of amides is 1. The van der Waals surface area contributed by atoms with Crippen LogP contribution in [-0.4, -0.2) is 21.4 Å². The molecule has 34 heavy (non-hydrogen) atoms. The second-order valence-corrected chi connectivity index (χ2v) is 10.1. The lowest BCUT2D eigenvalue weighted by molar-refractivity contribution is -0.765. The maximum Gasteiger partial charge on any atom is 0.233 e. The van der Waals surface area contributed by atoms with Crippen molar-refractivity contribution in [3.63, 3.8) is 0 Å². The molecule has 1 aliphatic heterocycles. The normalized spacial score (nSPS) is 35.9. The average molecular weight is 455 g/mol. The zero-order valence-electron chi connectivity index (χ0n) is 18.5. The van der Waals surface area contributed by atoms with E-state index in [2.05, 4.69) is 39.6 Å². The number of rotatable bonds is 3. The molecule has 1 amide bonds. The molecule has 5 aliphatic rings. The highest BCUT2D eigenvalue weighted by molar-refractivity contribution is 5.96. The van der Waals surface area contributed by atoms with Gasteiger partial charge in [-0.05, 0) is 30.7 Å². The van der Waals surface area contributed by atoms with Gasteiger partial charge in [-0.25, -0.2) is 9.37 Å². The SMILES string of the molecule is CC1(C(=O)Nc2ncc(-c3cccc(F)c3)[nH]2)CC23c4ccccc4C1C1C=CC=CC12[NH+]3[O-]. The Bertz CT molecular complexity index is 1430. The van der Waals surface area contributed by atoms with Gasteiger partial charge in [-0.15, -0.1) is 0 Å². The molecule has 6 atom stereocenters. The van der Waals surface area contributed by atoms with Crippen molar-refractivity contribution in [2.24, 2.45) is 11.3 Å². The average Bonchev–Trinajstić information content (AvgIpc) is 3.13. The molecular weight excluding hydrogens is 431 g/mol. The van der Waals surface area contributed by atoms with Gasteiger partial charge in [0.05, 0.1) is 23.2 Å². The summed E-state index contributed by atoms with van der Waals surface area (Å²) in [6, 6.07) is 14.3. The molecular formula is C27H23FN4O2. The van der Waals surface area contributed by atoms with Crippen LogP contribution in [0.2, 0.25) is 0 Å². The molecule has 3 N–H and O–H groups in total. The van der Waals surface area contributed by atoms with Crippen LogP contribution in [0.15, 0.2) is 79.0 Å². The molecule has 7 heteroatoms. The number of hydroxylamine groups is 2. The molecule has 2 spiro atoms. The molecule has 170 valence electrons. The fourth-order valence-corrected chi connectivity index (χ4v) is 7.23. The number of nitrogens with zero attached hydrogens (tertiary/aromatic N) is 1. The van der Waals surface area contributed by atoms with E-state index in [0.717, 1.165) is 11.1 Å². The lowest BCUT2D eigenvalue weighted by Gasteiger charge is -2.51. The summed E-state index contributed by atoms with van der Waals surface area (Å²) in [4.78, 5) is 21.2. The number of nitrogens with one attached hydrogen (secondary N) is 3. The van der Waals surface area contributed by atoms with Crippen molar-refractivity contribution in [3.05, 3.63) is 101 Å². The number of halogens is 1. The molecule has 2 aromatic carbocycles. The van der Waals surface area contributed by atoms with Gasteiger partial charge in [0.1, 0.15) is 5.82 Å². The van der Waals surface area contributed by atoms with E-state index >= 15 is 0 Å². The van der Waals surface area contributed by atoms with Gasteiger partial charge in [-0.3, -0.25) is 10.1 Å². The van der Waals surface area contributed by atoms with E-state index in [1.807, 2.05) is 31.2 Å². The van der Waals surface area contributed by atoms with Gasteiger partial charge < -0.3 is 15.3 Å². The van der Waals surface area contributed by atoms with Crippen molar-refractivity contribution in [1.29, 1.82) is 0 Å². The third kappa shape index (κ3) is 2.17. The first-order chi connectivity index (χ1) is 16.4. The van der Waals surface area contributed by atoms with Crippen molar-refractivity contribution in [1.82, 2.24) is 9.97 Å². The summed E-state index contributed by atoms with van der Waals surface area (Å²) in [6.45, 7) is 1.97. The maximum absolute atomic E-state index is 13.8. The number of fused-ring (bicyclic) bond motifs is 1. The second-order valence-electron chi connectivity index (χ2n) is 10.1. The van der Waals surface area contributed by atoms with E-state index in [1.165, 1.54) is 12.1 Å². The first-order valence-corrected chi connectivity index (χ1v) is 11.5. The molecule has 6 unspecified atom stereocenters. The van der Waals surface area contributed by atoms with E-state index in [1.54, 1.807) is 18.3 Å². The standard InChI is InChI=1S/C27H23FN4O2/c1-25(23(33)31-24-29-14-21(30-24)16-7-6-8-17(28)13-16)15-27-19-10-3-2-9-18(19)22(25)20-11-4-5-12-26(20,27)32(27)34/h2-14,20,22,32H,15H2,1H3,(H2,29,30,31,33). The van der Waals surface area contributed by atoms with Gasteiger partial charge in [0, 0.05) is 23.5 Å². The Labute approximate surface area is 195 Å². The Kier molecular flexibility index (Phi) is 3.69. The van der Waals surface area contributed by atoms with Crippen molar-refractivity contribution < 1.29 is 14.2 Å². The number of imidazole rings is 1. The van der Waals surface area contributed by atoms with Crippen LogP contribution in [0, 0.1) is 22.4 Å². The zero-order valence-corrected chi connectivity index (χ0v) is 18.5. The Morgan fingerprint density at radius 3 is 2.94 bits per heavy atom. The predicted octanol–water partition coefficient (Wildman–Crippen LogP) is 3.43. The fraction of sp³-hybridized carbons (Fsp3) is 0.259. The van der Waals surface area contributed by atoms with Crippen molar-refractivity contribution in [3.8, 4) is 11.3 Å². The number of H-pyrrole nitrogens is 1. The van der Waals surface area contributed by atoms with Crippen LogP contribution in [0.1, 0.15) is 30.4 Å². The van der Waals surface area contributed by atoms with Gasteiger partial charge in [0.2, 0.25) is 11.9 Å². The minimum atomic E-state index is -0.796. The van der Waals surface area contributed by atoms with Gasteiger partial charge in [-0.2, -0.15) is 0 Å². The summed E-state index contributed by atoms with van der Waals surface area (Å²) in [7, 11) is 0. The number of hydrogen-bond acceptors (Lipinski definition) is 3. The lowest BCUT2D eigenvalue weighted by Crippen LogP contribution is -2.94. The number of carbonyl (C=O) groups excluding carboxylic acids is 1. The summed E-state index contributed by atoms with van der Waals surface area (Å²) in [5.41, 5.74) is 1.45. The molecule has 6 nitrogen and oxygen atoms in total. The molecule has 1 aromatic heterocycles. The third-order valence-electron chi connectivity index (χ3n) is 8.62. The Morgan fingerprint density at radius 2 is 2.09 bits per heavy atom. The van der Waals surface area contributed by atoms with Gasteiger partial charge >= 0.3 is 0 Å². The Balaban J connectivity index is 1.27. The highest BCUT2D eigenvalue weighted by atomic mass is 19.1. The van der Waals surface area contributed by atoms with Gasteiger partial charge in [0.25, 0.3) is 0 Å². The topological polar surface area (TPSA) is 85.3 Å². The Hall–Kier alpha value is -3.55. The van der Waals surface area contributed by atoms with Crippen LogP contribution >= 0.6 is 0 Å². The minimum absolute atomic E-state index is 0.0520. The van der Waals surface area contributed by atoms with E-state index in [9.17, 15) is 14.4 Å². The molecule has 8 rings (SSSR count). The van der Waals surface area contributed by atoms with E-state index in [4.69, 9.17) is 0 Å². The maximum atomic E-state index is 13.8. The Morgan fingerprint density at radius 1 is 1.24 bits per heavy atom. The highest BCUT2D eigenvalue weighted by Crippen LogP contribution is 2.71. The smallest absolute Gasteiger partial charge is 0.233 e. The van der Waals surface area contributed by atoms with Gasteiger partial charge in [0.15, 0.2) is 11.1 Å². The van der Waals surface area contributed by atoms with Crippen LogP contribution < -0.4 is 10.4 Å². The van der Waals surface area contributed by atoms with E-state index in [0.29, 0.717) is 23.6 Å². The largest absolute Gasteiger partial charge is 0.633 e. The first kappa shape index (κ1) is 19.9. The molecule has 1 saturated heterocycles. The molecule has 4 aliphatic carbocycles. The summed E-state index contributed by atoms with van der Waals surface area (Å²) >= 11 is 0. The lowest BCUT2D eigenvalue weighted by atomic mass is 9.46. The molecule has 2 bridgehead atoms. The second kappa shape index (κ2) is 6.31. The van der Waals surface area contributed by atoms with Gasteiger partial charge in [-0.1, -0.05) is 54.6 Å². The number of aromatic amines is 1. The van der Waals surface area contributed by atoms with Crippen LogP contribution in [0.5, 0.6) is 0 Å². The molecule has 2 heterocycles.